The molecule has 2 rings (SSSR count). The third kappa shape index (κ3) is 8.10. The van der Waals surface area contributed by atoms with Gasteiger partial charge in [0.2, 0.25) is 0 Å². The number of para-hydroxylation sites is 1. The van der Waals surface area contributed by atoms with E-state index in [4.69, 9.17) is 4.74 Å². The molecule has 0 aliphatic rings. The summed E-state index contributed by atoms with van der Waals surface area (Å²) in [6.07, 6.45) is 11.7. The summed E-state index contributed by atoms with van der Waals surface area (Å²) in [6.45, 7) is 4.42. The van der Waals surface area contributed by atoms with E-state index < -0.39 is 0 Å². The maximum absolute atomic E-state index is 11.7. The van der Waals surface area contributed by atoms with E-state index in [1.165, 1.54) is 51.9 Å². The lowest BCUT2D eigenvalue weighted by Gasteiger charge is -2.08. The summed E-state index contributed by atoms with van der Waals surface area (Å²) < 4.78 is 5.75. The number of ketones is 1. The Morgan fingerprint density at radius 1 is 1.00 bits per heavy atom. The van der Waals surface area contributed by atoms with Gasteiger partial charge >= 0.3 is 0 Å². The number of aromatic hydroxyl groups is 1. The fourth-order valence-corrected chi connectivity index (χ4v) is 3.17. The number of benzene rings is 2. The minimum absolute atomic E-state index is 0.0355. The van der Waals surface area contributed by atoms with E-state index in [0.29, 0.717) is 29.2 Å². The van der Waals surface area contributed by atoms with Gasteiger partial charge in [-0.15, -0.1) is 0 Å². The smallest absolute Gasteiger partial charge is 0.161 e. The van der Waals surface area contributed by atoms with Crippen LogP contribution in [0.25, 0.3) is 0 Å². The van der Waals surface area contributed by atoms with Crippen LogP contribution in [-0.4, -0.2) is 23.7 Å². The first-order valence-corrected chi connectivity index (χ1v) is 10.7. The van der Waals surface area contributed by atoms with Crippen LogP contribution >= 0.6 is 0 Å². The van der Waals surface area contributed by atoms with Gasteiger partial charge in [-0.25, -0.2) is 0 Å². The lowest BCUT2D eigenvalue weighted by atomic mass is 10.1. The Bertz CT molecular complexity index is 798. The number of phenolic OH excluding ortho intramolecular Hbond substituents is 1. The van der Waals surface area contributed by atoms with Gasteiger partial charge < -0.3 is 9.84 Å². The molecule has 1 N–H and O–H groups in total. The van der Waals surface area contributed by atoms with Crippen LogP contribution in [0.4, 0.5) is 5.69 Å². The third-order valence-electron chi connectivity index (χ3n) is 4.89. The van der Waals surface area contributed by atoms with Gasteiger partial charge in [0.05, 0.1) is 12.3 Å². The Labute approximate surface area is 174 Å². The number of nitrogens with zero attached hydrogens (tertiary/aromatic N) is 1. The normalized spacial score (nSPS) is 11.1. The van der Waals surface area contributed by atoms with Crippen molar-refractivity contribution in [3.8, 4) is 11.5 Å². The zero-order chi connectivity index (χ0) is 20.9. The number of hydrogen-bond donors (Lipinski definition) is 1. The summed E-state index contributed by atoms with van der Waals surface area (Å²) in [5.74, 6) is 0.737. The molecule has 0 unspecified atom stereocenters. The zero-order valence-electron chi connectivity index (χ0n) is 17.7. The van der Waals surface area contributed by atoms with Gasteiger partial charge in [0.1, 0.15) is 11.5 Å². The first-order valence-electron chi connectivity index (χ1n) is 10.7. The molecule has 0 bridgehead atoms. The molecule has 0 aliphatic heterocycles. The minimum atomic E-state index is -0.0355. The largest absolute Gasteiger partial charge is 0.507 e. The monoisotopic (exact) mass is 395 g/mol. The van der Waals surface area contributed by atoms with Crippen LogP contribution in [0.3, 0.4) is 0 Å². The highest BCUT2D eigenvalue weighted by Crippen LogP contribution is 2.24. The first-order chi connectivity index (χ1) is 14.1. The Morgan fingerprint density at radius 3 is 2.38 bits per heavy atom. The second-order valence-corrected chi connectivity index (χ2v) is 7.38. The van der Waals surface area contributed by atoms with E-state index in [1.807, 2.05) is 18.2 Å². The highest BCUT2D eigenvalue weighted by molar-refractivity contribution is 6.00. The van der Waals surface area contributed by atoms with E-state index in [-0.39, 0.29) is 11.5 Å². The SMILES string of the molecule is CCCCCCCCCCOc1ccc(C=Nc2ccccc2C(C)=O)c(O)c1. The van der Waals surface area contributed by atoms with Gasteiger partial charge in [0.25, 0.3) is 0 Å². The van der Waals surface area contributed by atoms with E-state index in [1.54, 1.807) is 30.5 Å². The standard InChI is InChI=1S/C25H33NO3/c1-3-4-5-6-7-8-9-12-17-29-22-16-15-21(25(28)18-22)19-26-24-14-11-10-13-23(24)20(2)27/h10-11,13-16,18-19,28H,3-9,12,17H2,1-2H3. The molecule has 2 aromatic rings. The average molecular weight is 396 g/mol. The molecule has 0 aromatic heterocycles. The Balaban J connectivity index is 1.79. The van der Waals surface area contributed by atoms with Crippen molar-refractivity contribution in [2.75, 3.05) is 6.61 Å². The minimum Gasteiger partial charge on any atom is -0.507 e. The Kier molecular flexibility index (Phi) is 9.98. The molecule has 2 aromatic carbocycles. The molecular weight excluding hydrogens is 362 g/mol. The maximum atomic E-state index is 11.7. The second kappa shape index (κ2) is 12.8. The van der Waals surface area contributed by atoms with Crippen LogP contribution in [0.1, 0.15) is 81.1 Å². The number of carbonyl (C=O) groups excluding carboxylic acids is 1. The molecule has 4 heteroatoms. The molecular formula is C25H33NO3. The lowest BCUT2D eigenvalue weighted by Crippen LogP contribution is -1.97. The lowest BCUT2D eigenvalue weighted by molar-refractivity contribution is 0.101. The van der Waals surface area contributed by atoms with Crippen molar-refractivity contribution in [1.29, 1.82) is 0 Å². The number of hydrogen-bond acceptors (Lipinski definition) is 4. The van der Waals surface area contributed by atoms with Crippen molar-refractivity contribution in [2.24, 2.45) is 4.99 Å². The molecule has 0 fully saturated rings. The number of aliphatic imine (C=N–C) groups is 1. The van der Waals surface area contributed by atoms with Gasteiger partial charge in [0, 0.05) is 23.4 Å². The fraction of sp³-hybridized carbons (Fsp3) is 0.440. The Morgan fingerprint density at radius 2 is 1.69 bits per heavy atom. The van der Waals surface area contributed by atoms with E-state index >= 15 is 0 Å². The van der Waals surface area contributed by atoms with Crippen molar-refractivity contribution in [1.82, 2.24) is 0 Å². The maximum Gasteiger partial charge on any atom is 0.161 e. The number of ether oxygens (including phenoxy) is 1. The predicted molar refractivity (Wildman–Crippen MR) is 120 cm³/mol. The highest BCUT2D eigenvalue weighted by atomic mass is 16.5. The molecule has 156 valence electrons. The number of carbonyl (C=O) groups is 1. The second-order valence-electron chi connectivity index (χ2n) is 7.38. The van der Waals surface area contributed by atoms with E-state index in [9.17, 15) is 9.90 Å². The summed E-state index contributed by atoms with van der Waals surface area (Å²) in [7, 11) is 0. The molecule has 0 aliphatic carbocycles. The van der Waals surface area contributed by atoms with Gasteiger partial charge in [-0.3, -0.25) is 9.79 Å². The van der Waals surface area contributed by atoms with Crippen LogP contribution in [0.15, 0.2) is 47.5 Å². The molecule has 0 heterocycles. The fourth-order valence-electron chi connectivity index (χ4n) is 3.17. The van der Waals surface area contributed by atoms with Crippen LogP contribution in [-0.2, 0) is 0 Å². The topological polar surface area (TPSA) is 58.9 Å². The molecule has 4 nitrogen and oxygen atoms in total. The summed E-state index contributed by atoms with van der Waals surface area (Å²) >= 11 is 0. The van der Waals surface area contributed by atoms with Crippen LogP contribution < -0.4 is 4.74 Å². The van der Waals surface area contributed by atoms with E-state index in [0.717, 1.165) is 6.42 Å². The van der Waals surface area contributed by atoms with Crippen LogP contribution in [0.2, 0.25) is 0 Å². The van der Waals surface area contributed by atoms with Crippen LogP contribution in [0.5, 0.6) is 11.5 Å². The molecule has 0 atom stereocenters. The van der Waals surface area contributed by atoms with E-state index in [2.05, 4.69) is 11.9 Å². The van der Waals surface area contributed by atoms with Crippen molar-refractivity contribution in [2.45, 2.75) is 65.2 Å². The summed E-state index contributed by atoms with van der Waals surface area (Å²) in [4.78, 5) is 16.0. The summed E-state index contributed by atoms with van der Waals surface area (Å²) in [5, 5.41) is 10.3. The van der Waals surface area contributed by atoms with Gasteiger partial charge in [-0.2, -0.15) is 0 Å². The average Bonchev–Trinajstić information content (AvgIpc) is 2.72. The molecule has 0 saturated heterocycles. The van der Waals surface area contributed by atoms with Crippen molar-refractivity contribution in [3.05, 3.63) is 53.6 Å². The van der Waals surface area contributed by atoms with Crippen molar-refractivity contribution >= 4 is 17.7 Å². The molecule has 0 amide bonds. The van der Waals surface area contributed by atoms with Gasteiger partial charge in [-0.05, 0) is 37.6 Å². The molecule has 0 spiro atoms. The predicted octanol–water partition coefficient (Wildman–Crippen LogP) is 6.86. The Hall–Kier alpha value is -2.62. The first kappa shape index (κ1) is 22.7. The summed E-state index contributed by atoms with van der Waals surface area (Å²) in [5.41, 5.74) is 1.74. The summed E-state index contributed by atoms with van der Waals surface area (Å²) in [6, 6.07) is 12.4. The number of rotatable bonds is 13. The molecule has 29 heavy (non-hydrogen) atoms. The van der Waals surface area contributed by atoms with Crippen molar-refractivity contribution < 1.29 is 14.6 Å². The van der Waals surface area contributed by atoms with Crippen molar-refractivity contribution in [3.63, 3.8) is 0 Å². The third-order valence-corrected chi connectivity index (χ3v) is 4.89. The highest BCUT2D eigenvalue weighted by Gasteiger charge is 2.06. The molecule has 0 saturated carbocycles. The van der Waals surface area contributed by atoms with Crippen LogP contribution in [0, 0.1) is 0 Å². The number of Topliss-reactive ketones (excluding diaryl/α,β-unsaturated/α-hetero) is 1. The quantitative estimate of drug-likeness (QED) is 0.229. The number of phenols is 1. The molecule has 0 radical (unpaired) electrons. The van der Waals surface area contributed by atoms with Gasteiger partial charge in [-0.1, -0.05) is 64.0 Å². The van der Waals surface area contributed by atoms with Gasteiger partial charge in [0.15, 0.2) is 5.78 Å². The number of unbranched alkanes of at least 4 members (excludes halogenated alkanes) is 7. The zero-order valence-corrected chi connectivity index (χ0v) is 17.7.